The van der Waals surface area contributed by atoms with Crippen molar-refractivity contribution in [3.63, 3.8) is 0 Å². The SMILES string of the molecule is O=C1NC2(CCOc3ccccc32)C(=O)N1Cc1cc2c(cc1Br)OCCO2. The van der Waals surface area contributed by atoms with E-state index in [0.29, 0.717) is 49.1 Å². The number of amides is 3. The summed E-state index contributed by atoms with van der Waals surface area (Å²) in [6, 6.07) is 10.5. The Morgan fingerprint density at radius 1 is 1.00 bits per heavy atom. The molecule has 2 aromatic carbocycles. The lowest BCUT2D eigenvalue weighted by molar-refractivity contribution is -0.133. The summed E-state index contributed by atoms with van der Waals surface area (Å²) in [7, 11) is 0. The van der Waals surface area contributed by atoms with Gasteiger partial charge in [-0.2, -0.15) is 0 Å². The molecule has 1 fully saturated rings. The fourth-order valence-corrected chi connectivity index (χ4v) is 4.36. The van der Waals surface area contributed by atoms with E-state index in [1.54, 1.807) is 0 Å². The lowest BCUT2D eigenvalue weighted by atomic mass is 9.84. The van der Waals surface area contributed by atoms with Crippen LogP contribution in [0.3, 0.4) is 0 Å². The molecule has 1 spiro atoms. The van der Waals surface area contributed by atoms with E-state index >= 15 is 0 Å². The number of para-hydroxylation sites is 1. The Hall–Kier alpha value is -2.74. The number of carbonyl (C=O) groups excluding carboxylic acids is 2. The zero-order valence-electron chi connectivity index (χ0n) is 14.9. The smallest absolute Gasteiger partial charge is 0.325 e. The Bertz CT molecular complexity index is 995. The van der Waals surface area contributed by atoms with E-state index in [9.17, 15) is 9.59 Å². The van der Waals surface area contributed by atoms with Crippen LogP contribution >= 0.6 is 15.9 Å². The Kier molecular flexibility index (Phi) is 3.97. The van der Waals surface area contributed by atoms with Crippen LogP contribution in [-0.2, 0) is 16.9 Å². The minimum absolute atomic E-state index is 0.132. The maximum absolute atomic E-state index is 13.4. The van der Waals surface area contributed by atoms with Crippen LogP contribution in [0.25, 0.3) is 0 Å². The van der Waals surface area contributed by atoms with Gasteiger partial charge in [0.2, 0.25) is 0 Å². The maximum atomic E-state index is 13.4. The van der Waals surface area contributed by atoms with Gasteiger partial charge in [-0.25, -0.2) is 4.79 Å². The molecule has 5 rings (SSSR count). The summed E-state index contributed by atoms with van der Waals surface area (Å²) in [5.74, 6) is 1.62. The molecule has 1 saturated heterocycles. The molecule has 3 aliphatic heterocycles. The Balaban J connectivity index is 1.49. The lowest BCUT2D eigenvalue weighted by Gasteiger charge is -2.33. The summed E-state index contributed by atoms with van der Waals surface area (Å²) >= 11 is 3.51. The third kappa shape index (κ3) is 2.55. The normalized spacial score (nSPS) is 22.7. The molecule has 3 aliphatic rings. The number of fused-ring (bicyclic) bond motifs is 3. The summed E-state index contributed by atoms with van der Waals surface area (Å²) in [5, 5.41) is 2.91. The van der Waals surface area contributed by atoms with E-state index in [1.807, 2.05) is 36.4 Å². The molecule has 8 heteroatoms. The highest BCUT2D eigenvalue weighted by atomic mass is 79.9. The van der Waals surface area contributed by atoms with Gasteiger partial charge >= 0.3 is 6.03 Å². The van der Waals surface area contributed by atoms with Gasteiger partial charge in [0.25, 0.3) is 5.91 Å². The zero-order valence-corrected chi connectivity index (χ0v) is 16.5. The molecule has 1 N–H and O–H groups in total. The number of hydrogen-bond acceptors (Lipinski definition) is 5. The van der Waals surface area contributed by atoms with Gasteiger partial charge in [-0.15, -0.1) is 0 Å². The van der Waals surface area contributed by atoms with Crippen LogP contribution in [-0.4, -0.2) is 36.7 Å². The molecule has 0 bridgehead atoms. The van der Waals surface area contributed by atoms with Gasteiger partial charge in [0.15, 0.2) is 17.0 Å². The Morgan fingerprint density at radius 3 is 2.54 bits per heavy atom. The van der Waals surface area contributed by atoms with Gasteiger partial charge in [0.05, 0.1) is 13.2 Å². The van der Waals surface area contributed by atoms with Gasteiger partial charge < -0.3 is 19.5 Å². The fraction of sp³-hybridized carbons (Fsp3) is 0.300. The summed E-state index contributed by atoms with van der Waals surface area (Å²) in [6.07, 6.45) is 0.396. The van der Waals surface area contributed by atoms with Crippen molar-refractivity contribution in [3.05, 3.63) is 52.0 Å². The number of rotatable bonds is 2. The standard InChI is InChI=1S/C20H17BrN2O5/c21-14-10-17-16(27-7-8-28-17)9-12(14)11-23-18(24)20(22-19(23)25)5-6-26-15-4-2-1-3-13(15)20/h1-4,9-10H,5-8,11H2,(H,22,25). The molecular weight excluding hydrogens is 428 g/mol. The number of nitrogens with one attached hydrogen (secondary N) is 1. The molecule has 1 atom stereocenters. The van der Waals surface area contributed by atoms with E-state index < -0.39 is 11.6 Å². The summed E-state index contributed by atoms with van der Waals surface area (Å²) < 4.78 is 17.6. The number of imide groups is 1. The Morgan fingerprint density at radius 2 is 1.71 bits per heavy atom. The summed E-state index contributed by atoms with van der Waals surface area (Å²) in [4.78, 5) is 27.4. The topological polar surface area (TPSA) is 77.1 Å². The number of ether oxygens (including phenoxy) is 3. The third-order valence-electron chi connectivity index (χ3n) is 5.30. The second-order valence-corrected chi connectivity index (χ2v) is 7.76. The molecule has 2 aromatic rings. The number of hydrogen-bond donors (Lipinski definition) is 1. The number of nitrogens with zero attached hydrogens (tertiary/aromatic N) is 1. The fourth-order valence-electron chi connectivity index (χ4n) is 3.91. The molecule has 3 amide bonds. The van der Waals surface area contributed by atoms with Crippen LogP contribution in [0.4, 0.5) is 4.79 Å². The molecule has 0 aromatic heterocycles. The summed E-state index contributed by atoms with van der Waals surface area (Å²) in [6.45, 7) is 1.46. The van der Waals surface area contributed by atoms with Gasteiger partial charge in [0.1, 0.15) is 19.0 Å². The minimum atomic E-state index is -1.08. The van der Waals surface area contributed by atoms with Crippen molar-refractivity contribution in [2.75, 3.05) is 19.8 Å². The summed E-state index contributed by atoms with van der Waals surface area (Å²) in [5.41, 5.74) is 0.389. The van der Waals surface area contributed by atoms with Crippen molar-refractivity contribution >= 4 is 27.9 Å². The first kappa shape index (κ1) is 17.4. The molecular formula is C20H17BrN2O5. The highest BCUT2D eigenvalue weighted by molar-refractivity contribution is 9.10. The number of carbonyl (C=O) groups is 2. The van der Waals surface area contributed by atoms with Gasteiger partial charge in [0, 0.05) is 16.5 Å². The molecule has 7 nitrogen and oxygen atoms in total. The van der Waals surface area contributed by atoms with E-state index in [4.69, 9.17) is 14.2 Å². The van der Waals surface area contributed by atoms with Crippen molar-refractivity contribution in [1.82, 2.24) is 10.2 Å². The molecule has 0 radical (unpaired) electrons. The van der Waals surface area contributed by atoms with Crippen LogP contribution < -0.4 is 19.5 Å². The van der Waals surface area contributed by atoms with Crippen LogP contribution in [0.1, 0.15) is 17.5 Å². The molecule has 3 heterocycles. The van der Waals surface area contributed by atoms with Crippen LogP contribution in [0.5, 0.6) is 17.2 Å². The van der Waals surface area contributed by atoms with Crippen molar-refractivity contribution < 1.29 is 23.8 Å². The number of halogens is 1. The second kappa shape index (κ2) is 6.41. The molecule has 0 saturated carbocycles. The Labute approximate surface area is 169 Å². The predicted molar refractivity (Wildman–Crippen MR) is 102 cm³/mol. The van der Waals surface area contributed by atoms with Crippen LogP contribution in [0.15, 0.2) is 40.9 Å². The van der Waals surface area contributed by atoms with Gasteiger partial charge in [-0.3, -0.25) is 9.69 Å². The molecule has 1 unspecified atom stereocenters. The largest absolute Gasteiger partial charge is 0.493 e. The predicted octanol–water partition coefficient (Wildman–Crippen LogP) is 2.95. The van der Waals surface area contributed by atoms with E-state index in [-0.39, 0.29) is 12.5 Å². The molecule has 28 heavy (non-hydrogen) atoms. The van der Waals surface area contributed by atoms with E-state index in [0.717, 1.165) is 10.0 Å². The highest BCUT2D eigenvalue weighted by Gasteiger charge is 2.54. The quantitative estimate of drug-likeness (QED) is 0.720. The third-order valence-corrected chi connectivity index (χ3v) is 6.04. The van der Waals surface area contributed by atoms with E-state index in [1.165, 1.54) is 4.90 Å². The van der Waals surface area contributed by atoms with Crippen molar-refractivity contribution in [3.8, 4) is 17.2 Å². The van der Waals surface area contributed by atoms with Crippen LogP contribution in [0, 0.1) is 0 Å². The minimum Gasteiger partial charge on any atom is -0.493 e. The monoisotopic (exact) mass is 444 g/mol. The average Bonchev–Trinajstić information content (AvgIpc) is 2.93. The maximum Gasteiger partial charge on any atom is 0.325 e. The number of urea groups is 1. The zero-order chi connectivity index (χ0) is 19.3. The van der Waals surface area contributed by atoms with Crippen LogP contribution in [0.2, 0.25) is 0 Å². The van der Waals surface area contributed by atoms with Gasteiger partial charge in [-0.05, 0) is 23.8 Å². The molecule has 144 valence electrons. The average molecular weight is 445 g/mol. The molecule has 0 aliphatic carbocycles. The van der Waals surface area contributed by atoms with Crippen molar-refractivity contribution in [1.29, 1.82) is 0 Å². The number of benzene rings is 2. The van der Waals surface area contributed by atoms with Crippen molar-refractivity contribution in [2.45, 2.75) is 18.5 Å². The van der Waals surface area contributed by atoms with Gasteiger partial charge in [-0.1, -0.05) is 34.1 Å². The highest BCUT2D eigenvalue weighted by Crippen LogP contribution is 2.42. The first-order valence-corrected chi connectivity index (χ1v) is 9.82. The van der Waals surface area contributed by atoms with E-state index in [2.05, 4.69) is 21.2 Å². The second-order valence-electron chi connectivity index (χ2n) is 6.91. The lowest BCUT2D eigenvalue weighted by Crippen LogP contribution is -2.47. The first-order valence-electron chi connectivity index (χ1n) is 9.03. The first-order chi connectivity index (χ1) is 13.6. The van der Waals surface area contributed by atoms with Crippen molar-refractivity contribution in [2.24, 2.45) is 0 Å².